The fourth-order valence-corrected chi connectivity index (χ4v) is 3.84. The molecular weight excluding hydrogens is 406 g/mol. The first-order valence-corrected chi connectivity index (χ1v) is 10.4. The van der Waals surface area contributed by atoms with Crippen LogP contribution >= 0.6 is 0 Å². The van der Waals surface area contributed by atoms with Gasteiger partial charge in [-0.1, -0.05) is 6.07 Å². The molecule has 3 aromatic heterocycles. The minimum atomic E-state index is -0.375. The molecule has 160 valence electrons. The van der Waals surface area contributed by atoms with Crippen molar-refractivity contribution in [1.29, 1.82) is 0 Å². The summed E-state index contributed by atoms with van der Waals surface area (Å²) in [6, 6.07) is 14.2. The molecule has 32 heavy (non-hydrogen) atoms. The average Bonchev–Trinajstić information content (AvgIpc) is 2.80. The van der Waals surface area contributed by atoms with E-state index in [9.17, 15) is 9.59 Å². The third kappa shape index (κ3) is 3.62. The maximum atomic E-state index is 13.4. The normalized spacial score (nSPS) is 12.7. The summed E-state index contributed by atoms with van der Waals surface area (Å²) in [7, 11) is 0. The molecule has 0 radical (unpaired) electrons. The van der Waals surface area contributed by atoms with Crippen LogP contribution in [-0.4, -0.2) is 33.5 Å². The van der Waals surface area contributed by atoms with Gasteiger partial charge in [-0.25, -0.2) is 4.98 Å². The van der Waals surface area contributed by atoms with Gasteiger partial charge in [0.2, 0.25) is 5.43 Å². The maximum absolute atomic E-state index is 13.4. The van der Waals surface area contributed by atoms with E-state index in [0.29, 0.717) is 47.9 Å². The Labute approximate surface area is 184 Å². The number of hydrogen-bond acceptors (Lipinski definition) is 6. The first-order valence-electron chi connectivity index (χ1n) is 10.4. The van der Waals surface area contributed by atoms with E-state index < -0.39 is 0 Å². The summed E-state index contributed by atoms with van der Waals surface area (Å²) in [5.41, 5.74) is 3.12. The summed E-state index contributed by atoms with van der Waals surface area (Å²) in [6.07, 6.45) is 1.58. The molecular formula is C25H21N3O4. The molecule has 0 unspecified atom stereocenters. The van der Waals surface area contributed by atoms with E-state index in [1.54, 1.807) is 36.5 Å². The standard InChI is InChI=1S/C25H21N3O4/c1-15-4-3-5-18(26-15)13-28-14-20(24(30)19-8-6-16(2)27-25(19)28)23(29)17-7-9-21-22(12-17)32-11-10-31-21/h3-9,12,14H,10-11,13H2,1-2H3. The number of aromatic nitrogens is 3. The van der Waals surface area contributed by atoms with Gasteiger partial charge in [-0.15, -0.1) is 0 Å². The van der Waals surface area contributed by atoms with Crippen LogP contribution in [0.15, 0.2) is 59.5 Å². The number of rotatable bonds is 4. The lowest BCUT2D eigenvalue weighted by Crippen LogP contribution is -2.21. The van der Waals surface area contributed by atoms with Gasteiger partial charge in [0.05, 0.1) is 23.2 Å². The molecule has 0 atom stereocenters. The Morgan fingerprint density at radius 1 is 0.969 bits per heavy atom. The molecule has 0 saturated heterocycles. The van der Waals surface area contributed by atoms with E-state index >= 15 is 0 Å². The van der Waals surface area contributed by atoms with Crippen molar-refractivity contribution in [2.45, 2.75) is 20.4 Å². The summed E-state index contributed by atoms with van der Waals surface area (Å²) in [6.45, 7) is 5.06. The number of carbonyl (C=O) groups is 1. The minimum absolute atomic E-state index is 0.0764. The largest absolute Gasteiger partial charge is 0.486 e. The second-order valence-corrected chi connectivity index (χ2v) is 7.78. The van der Waals surface area contributed by atoms with Gasteiger partial charge >= 0.3 is 0 Å². The summed E-state index contributed by atoms with van der Waals surface area (Å²) in [4.78, 5) is 35.8. The molecule has 0 amide bonds. The van der Waals surface area contributed by atoms with E-state index in [-0.39, 0.29) is 16.8 Å². The quantitative estimate of drug-likeness (QED) is 0.464. The zero-order valence-electron chi connectivity index (χ0n) is 17.8. The molecule has 1 aliphatic heterocycles. The van der Waals surface area contributed by atoms with Crippen LogP contribution in [0.25, 0.3) is 11.0 Å². The molecule has 7 heteroatoms. The Morgan fingerprint density at radius 3 is 2.56 bits per heavy atom. The summed E-state index contributed by atoms with van der Waals surface area (Å²) >= 11 is 0. The molecule has 0 N–H and O–H groups in total. The Hall–Kier alpha value is -4.00. The van der Waals surface area contributed by atoms with Gasteiger partial charge in [-0.05, 0) is 56.3 Å². The number of aryl methyl sites for hydroxylation is 2. The number of pyridine rings is 3. The number of carbonyl (C=O) groups excluding carboxylic acids is 1. The number of ether oxygens (including phenoxy) is 2. The summed E-state index contributed by atoms with van der Waals surface area (Å²) < 4.78 is 12.9. The molecule has 7 nitrogen and oxygen atoms in total. The average molecular weight is 427 g/mol. The molecule has 0 aliphatic carbocycles. The van der Waals surface area contributed by atoms with Crippen molar-refractivity contribution in [3.05, 3.63) is 93.2 Å². The highest BCUT2D eigenvalue weighted by Gasteiger charge is 2.21. The van der Waals surface area contributed by atoms with Crippen molar-refractivity contribution in [2.24, 2.45) is 0 Å². The lowest BCUT2D eigenvalue weighted by atomic mass is 10.0. The van der Waals surface area contributed by atoms with Gasteiger partial charge < -0.3 is 14.0 Å². The molecule has 0 fully saturated rings. The fourth-order valence-electron chi connectivity index (χ4n) is 3.84. The summed E-state index contributed by atoms with van der Waals surface area (Å²) in [5.74, 6) is 0.721. The van der Waals surface area contributed by atoms with Crippen molar-refractivity contribution >= 4 is 16.8 Å². The van der Waals surface area contributed by atoms with E-state index in [4.69, 9.17) is 9.47 Å². The molecule has 0 saturated carbocycles. The van der Waals surface area contributed by atoms with Gasteiger partial charge in [-0.2, -0.15) is 0 Å². The van der Waals surface area contributed by atoms with Gasteiger partial charge in [0.25, 0.3) is 0 Å². The third-order valence-electron chi connectivity index (χ3n) is 5.39. The Balaban J connectivity index is 1.64. The van der Waals surface area contributed by atoms with Crippen LogP contribution in [0.5, 0.6) is 11.5 Å². The minimum Gasteiger partial charge on any atom is -0.486 e. The van der Waals surface area contributed by atoms with Crippen molar-refractivity contribution in [3.63, 3.8) is 0 Å². The highest BCUT2D eigenvalue weighted by atomic mass is 16.6. The Kier molecular flexibility index (Phi) is 4.93. The highest BCUT2D eigenvalue weighted by Crippen LogP contribution is 2.31. The van der Waals surface area contributed by atoms with Gasteiger partial charge in [-0.3, -0.25) is 14.6 Å². The zero-order chi connectivity index (χ0) is 22.2. The van der Waals surface area contributed by atoms with E-state index in [0.717, 1.165) is 17.1 Å². The number of fused-ring (bicyclic) bond motifs is 2. The fraction of sp³-hybridized carbons (Fsp3) is 0.200. The van der Waals surface area contributed by atoms with Crippen LogP contribution in [0.3, 0.4) is 0 Å². The van der Waals surface area contributed by atoms with Crippen molar-refractivity contribution in [2.75, 3.05) is 13.2 Å². The van der Waals surface area contributed by atoms with E-state index in [1.807, 2.05) is 36.6 Å². The lowest BCUT2D eigenvalue weighted by molar-refractivity contribution is 0.103. The van der Waals surface area contributed by atoms with Gasteiger partial charge in [0.1, 0.15) is 18.9 Å². The number of nitrogens with zero attached hydrogens (tertiary/aromatic N) is 3. The lowest BCUT2D eigenvalue weighted by Gasteiger charge is -2.18. The third-order valence-corrected chi connectivity index (χ3v) is 5.39. The van der Waals surface area contributed by atoms with Crippen LogP contribution in [0.2, 0.25) is 0 Å². The van der Waals surface area contributed by atoms with Gasteiger partial charge in [0, 0.05) is 23.1 Å². The second kappa shape index (κ2) is 7.92. The predicted octanol–water partition coefficient (Wildman–Crippen LogP) is 3.46. The van der Waals surface area contributed by atoms with Crippen LogP contribution in [0.1, 0.15) is 33.0 Å². The van der Waals surface area contributed by atoms with Crippen molar-refractivity contribution in [3.8, 4) is 11.5 Å². The number of benzene rings is 1. The van der Waals surface area contributed by atoms with Crippen molar-refractivity contribution in [1.82, 2.24) is 14.5 Å². The zero-order valence-corrected chi connectivity index (χ0v) is 17.8. The van der Waals surface area contributed by atoms with Crippen LogP contribution < -0.4 is 14.9 Å². The molecule has 4 heterocycles. The number of ketones is 1. The first-order chi connectivity index (χ1) is 15.5. The second-order valence-electron chi connectivity index (χ2n) is 7.78. The Morgan fingerprint density at radius 2 is 1.75 bits per heavy atom. The molecule has 1 aromatic carbocycles. The topological polar surface area (TPSA) is 83.3 Å². The predicted molar refractivity (Wildman–Crippen MR) is 120 cm³/mol. The molecule has 0 spiro atoms. The first kappa shape index (κ1) is 19.9. The van der Waals surface area contributed by atoms with Gasteiger partial charge in [0.15, 0.2) is 17.3 Å². The monoisotopic (exact) mass is 427 g/mol. The maximum Gasteiger partial charge on any atom is 0.202 e. The number of hydrogen-bond donors (Lipinski definition) is 0. The molecule has 4 aromatic rings. The molecule has 0 bridgehead atoms. The molecule has 1 aliphatic rings. The van der Waals surface area contributed by atoms with Crippen molar-refractivity contribution < 1.29 is 14.3 Å². The van der Waals surface area contributed by atoms with Crippen LogP contribution in [-0.2, 0) is 6.54 Å². The molecule has 5 rings (SSSR count). The van der Waals surface area contributed by atoms with Crippen LogP contribution in [0, 0.1) is 13.8 Å². The smallest absolute Gasteiger partial charge is 0.202 e. The highest BCUT2D eigenvalue weighted by molar-refractivity contribution is 6.10. The van der Waals surface area contributed by atoms with E-state index in [1.165, 1.54) is 0 Å². The van der Waals surface area contributed by atoms with Crippen LogP contribution in [0.4, 0.5) is 0 Å². The van der Waals surface area contributed by atoms with E-state index in [2.05, 4.69) is 9.97 Å². The Bertz CT molecular complexity index is 1420. The SMILES string of the molecule is Cc1cccc(Cn2cc(C(=O)c3ccc4c(c3)OCCO4)c(=O)c3ccc(C)nc32)n1. The summed E-state index contributed by atoms with van der Waals surface area (Å²) in [5, 5.41) is 0.395.